The lowest BCUT2D eigenvalue weighted by molar-refractivity contribution is 0.669. The number of hydrogen-bond donors (Lipinski definition) is 0. The fourth-order valence-electron chi connectivity index (χ4n) is 8.63. The molecule has 0 unspecified atom stereocenters. The Kier molecular flexibility index (Phi) is 8.19. The largest absolute Gasteiger partial charge is 0.456 e. The van der Waals surface area contributed by atoms with Gasteiger partial charge in [-0.3, -0.25) is 0 Å². The van der Waals surface area contributed by atoms with Crippen LogP contribution >= 0.6 is 0 Å². The van der Waals surface area contributed by atoms with Crippen molar-refractivity contribution in [2.24, 2.45) is 0 Å². The van der Waals surface area contributed by atoms with Crippen LogP contribution in [0, 0.1) is 0 Å². The van der Waals surface area contributed by atoms with Crippen LogP contribution in [0.4, 0.5) is 17.1 Å². The molecule has 0 spiro atoms. The Balaban J connectivity index is 1.13. The van der Waals surface area contributed by atoms with Crippen molar-refractivity contribution < 1.29 is 4.42 Å². The molecule has 0 aliphatic rings. The summed E-state index contributed by atoms with van der Waals surface area (Å²) in [5.74, 6) is 0. The molecule has 0 aliphatic heterocycles. The van der Waals surface area contributed by atoms with Crippen LogP contribution in [0.15, 0.2) is 229 Å². The highest BCUT2D eigenvalue weighted by atomic mass is 16.3. The van der Waals surface area contributed by atoms with Crippen LogP contribution in [0.3, 0.4) is 0 Å². The van der Waals surface area contributed by atoms with E-state index in [1.807, 2.05) is 0 Å². The van der Waals surface area contributed by atoms with E-state index in [4.69, 9.17) is 4.42 Å². The van der Waals surface area contributed by atoms with Crippen molar-refractivity contribution in [2.75, 3.05) is 4.90 Å². The predicted octanol–water partition coefficient (Wildman–Crippen LogP) is 16.0. The fourth-order valence-corrected chi connectivity index (χ4v) is 8.63. The predicted molar refractivity (Wildman–Crippen MR) is 245 cm³/mol. The number of furan rings is 1. The number of rotatable bonds is 7. The number of anilines is 3. The molecule has 0 atom stereocenters. The number of benzene rings is 10. The van der Waals surface area contributed by atoms with Gasteiger partial charge in [0, 0.05) is 27.7 Å². The third-order valence-corrected chi connectivity index (χ3v) is 11.4. The van der Waals surface area contributed by atoms with Gasteiger partial charge in [0.15, 0.2) is 0 Å². The zero-order chi connectivity index (χ0) is 38.4. The maximum absolute atomic E-state index is 6.58. The molecule has 0 bridgehead atoms. The first kappa shape index (κ1) is 33.6. The summed E-state index contributed by atoms with van der Waals surface area (Å²) in [5, 5.41) is 7.08. The topological polar surface area (TPSA) is 16.4 Å². The number of hydrogen-bond acceptors (Lipinski definition) is 2. The molecule has 272 valence electrons. The molecule has 0 aliphatic carbocycles. The molecule has 0 saturated heterocycles. The molecule has 10 aromatic carbocycles. The number of fused-ring (bicyclic) bond motifs is 5. The minimum atomic E-state index is 0.877. The highest BCUT2D eigenvalue weighted by molar-refractivity contribution is 6.16. The van der Waals surface area contributed by atoms with Crippen LogP contribution < -0.4 is 4.90 Å². The van der Waals surface area contributed by atoms with Gasteiger partial charge in [-0.25, -0.2) is 0 Å². The quantitative estimate of drug-likeness (QED) is 0.162. The Hall–Kier alpha value is -7.68. The molecule has 0 radical (unpaired) electrons. The van der Waals surface area contributed by atoms with Crippen molar-refractivity contribution >= 4 is 60.5 Å². The van der Waals surface area contributed by atoms with Crippen molar-refractivity contribution in [2.45, 2.75) is 0 Å². The van der Waals surface area contributed by atoms with Crippen LogP contribution in [0.5, 0.6) is 0 Å². The zero-order valence-electron chi connectivity index (χ0n) is 31.7. The molecule has 11 aromatic rings. The van der Waals surface area contributed by atoms with Gasteiger partial charge in [-0.05, 0) is 115 Å². The van der Waals surface area contributed by atoms with Crippen molar-refractivity contribution in [1.82, 2.24) is 0 Å². The first-order valence-corrected chi connectivity index (χ1v) is 19.8. The van der Waals surface area contributed by atoms with Crippen molar-refractivity contribution in [3.8, 4) is 44.5 Å². The maximum atomic E-state index is 6.58. The highest BCUT2D eigenvalue weighted by Crippen LogP contribution is 2.47. The van der Waals surface area contributed by atoms with Crippen LogP contribution in [-0.4, -0.2) is 0 Å². The Labute approximate surface area is 337 Å². The van der Waals surface area contributed by atoms with Crippen molar-refractivity contribution in [3.63, 3.8) is 0 Å². The van der Waals surface area contributed by atoms with Gasteiger partial charge >= 0.3 is 0 Å². The van der Waals surface area contributed by atoms with E-state index in [1.54, 1.807) is 0 Å². The smallest absolute Gasteiger partial charge is 0.136 e. The van der Waals surface area contributed by atoms with Gasteiger partial charge in [0.1, 0.15) is 11.2 Å². The Bertz CT molecular complexity index is 3270. The molecule has 0 fully saturated rings. The summed E-state index contributed by atoms with van der Waals surface area (Å²) in [5.41, 5.74) is 14.3. The van der Waals surface area contributed by atoms with Gasteiger partial charge in [-0.2, -0.15) is 0 Å². The minimum Gasteiger partial charge on any atom is -0.456 e. The summed E-state index contributed by atoms with van der Waals surface area (Å²) in [6.07, 6.45) is 0. The first-order chi connectivity index (χ1) is 28.7. The first-order valence-electron chi connectivity index (χ1n) is 19.8. The van der Waals surface area contributed by atoms with Gasteiger partial charge in [0.2, 0.25) is 0 Å². The van der Waals surface area contributed by atoms with Gasteiger partial charge in [0.25, 0.3) is 0 Å². The lowest BCUT2D eigenvalue weighted by Crippen LogP contribution is -2.11. The lowest BCUT2D eigenvalue weighted by Gasteiger charge is -2.29. The molecule has 0 saturated carbocycles. The molecular formula is C56H37NO. The van der Waals surface area contributed by atoms with Gasteiger partial charge in [0.05, 0.1) is 5.69 Å². The third kappa shape index (κ3) is 5.91. The summed E-state index contributed by atoms with van der Waals surface area (Å²) in [4.78, 5) is 2.41. The monoisotopic (exact) mass is 739 g/mol. The van der Waals surface area contributed by atoms with E-state index in [9.17, 15) is 0 Å². The molecular weight excluding hydrogens is 703 g/mol. The van der Waals surface area contributed by atoms with E-state index in [1.165, 1.54) is 54.9 Å². The summed E-state index contributed by atoms with van der Waals surface area (Å²) in [7, 11) is 0. The summed E-state index contributed by atoms with van der Waals surface area (Å²) in [6.45, 7) is 0. The Morgan fingerprint density at radius 3 is 1.64 bits per heavy atom. The molecule has 58 heavy (non-hydrogen) atoms. The molecule has 0 N–H and O–H groups in total. The van der Waals surface area contributed by atoms with Crippen LogP contribution in [-0.2, 0) is 0 Å². The maximum Gasteiger partial charge on any atom is 0.136 e. The standard InChI is InChI=1S/C56H37NO/c1-3-15-40(16-4-1)48-33-32-47(37-51(48)41-17-5-2-6-18-41)57(46-30-28-39(29-31-46)45-27-26-38-14-7-8-19-42(38)34-45)53-24-12-11-22-49(53)50-23-13-25-54-56(50)52-35-43-20-9-10-21-44(43)36-55(52)58-54/h1-37H. The number of para-hydroxylation sites is 1. The molecule has 2 nitrogen and oxygen atoms in total. The van der Waals surface area contributed by atoms with E-state index < -0.39 is 0 Å². The lowest BCUT2D eigenvalue weighted by atomic mass is 9.93. The summed E-state index contributed by atoms with van der Waals surface area (Å²) in [6, 6.07) is 80.8. The Morgan fingerprint density at radius 2 is 0.879 bits per heavy atom. The van der Waals surface area contributed by atoms with Crippen LogP contribution in [0.25, 0.3) is 88.0 Å². The molecule has 2 heteroatoms. The molecule has 11 rings (SSSR count). The zero-order valence-corrected chi connectivity index (χ0v) is 31.7. The average molecular weight is 740 g/mol. The normalized spacial score (nSPS) is 11.4. The second-order valence-corrected chi connectivity index (χ2v) is 14.9. The van der Waals surface area contributed by atoms with Crippen molar-refractivity contribution in [1.29, 1.82) is 0 Å². The van der Waals surface area contributed by atoms with Gasteiger partial charge in [-0.1, -0.05) is 170 Å². The van der Waals surface area contributed by atoms with Crippen LogP contribution in [0.2, 0.25) is 0 Å². The molecule has 1 aromatic heterocycles. The molecule has 0 amide bonds. The average Bonchev–Trinajstić information content (AvgIpc) is 3.67. The van der Waals surface area contributed by atoms with Gasteiger partial charge in [-0.15, -0.1) is 0 Å². The van der Waals surface area contributed by atoms with E-state index >= 15 is 0 Å². The van der Waals surface area contributed by atoms with E-state index in [2.05, 4.69) is 229 Å². The minimum absolute atomic E-state index is 0.877. The third-order valence-electron chi connectivity index (χ3n) is 11.4. The summed E-state index contributed by atoms with van der Waals surface area (Å²) >= 11 is 0. The van der Waals surface area contributed by atoms with Crippen molar-refractivity contribution in [3.05, 3.63) is 224 Å². The van der Waals surface area contributed by atoms with E-state index in [0.717, 1.165) is 50.1 Å². The number of nitrogens with zero attached hydrogens (tertiary/aromatic N) is 1. The second kappa shape index (κ2) is 14.1. The van der Waals surface area contributed by atoms with E-state index in [0.29, 0.717) is 0 Å². The molecule has 1 heterocycles. The summed E-state index contributed by atoms with van der Waals surface area (Å²) < 4.78 is 6.58. The fraction of sp³-hybridized carbons (Fsp3) is 0. The van der Waals surface area contributed by atoms with E-state index in [-0.39, 0.29) is 0 Å². The van der Waals surface area contributed by atoms with Gasteiger partial charge < -0.3 is 9.32 Å². The highest BCUT2D eigenvalue weighted by Gasteiger charge is 2.22. The Morgan fingerprint density at radius 1 is 0.293 bits per heavy atom. The second-order valence-electron chi connectivity index (χ2n) is 14.9. The van der Waals surface area contributed by atoms with Crippen LogP contribution in [0.1, 0.15) is 0 Å². The SMILES string of the molecule is c1ccc(-c2ccc(N(c3ccc(-c4ccc5ccccc5c4)cc3)c3ccccc3-c3cccc4oc5cc6ccccc6cc5c34)cc2-c2ccccc2)cc1.